The Labute approximate surface area is 274 Å². The van der Waals surface area contributed by atoms with Gasteiger partial charge in [-0.05, 0) is 99.0 Å². The molecule has 0 N–H and O–H groups in total. The third kappa shape index (κ3) is 13.5. The summed E-state index contributed by atoms with van der Waals surface area (Å²) in [6.45, 7) is 6.95. The Bertz CT molecular complexity index is 1310. The fourth-order valence-electron chi connectivity index (χ4n) is 4.93. The molecule has 0 saturated carbocycles. The SMILES string of the molecule is CCCCCCCCCCOc1ccc(C(=O)Oc2ccc(C(=O)Oc3ccc(C(=O)OC(C)CCCCCC)cc3)cc2)cc1. The van der Waals surface area contributed by atoms with Crippen LogP contribution < -0.4 is 14.2 Å². The minimum absolute atomic E-state index is 0.154. The predicted molar refractivity (Wildman–Crippen MR) is 181 cm³/mol. The minimum atomic E-state index is -0.573. The van der Waals surface area contributed by atoms with E-state index in [0.717, 1.165) is 44.3 Å². The normalized spacial score (nSPS) is 11.5. The average molecular weight is 631 g/mol. The van der Waals surface area contributed by atoms with Crippen LogP contribution in [-0.4, -0.2) is 30.6 Å². The van der Waals surface area contributed by atoms with Gasteiger partial charge in [-0.25, -0.2) is 14.4 Å². The topological polar surface area (TPSA) is 88.1 Å². The van der Waals surface area contributed by atoms with Crippen LogP contribution in [0.2, 0.25) is 0 Å². The van der Waals surface area contributed by atoms with Gasteiger partial charge < -0.3 is 18.9 Å². The summed E-state index contributed by atoms with van der Waals surface area (Å²) in [5.74, 6) is -0.149. The van der Waals surface area contributed by atoms with Gasteiger partial charge in [-0.3, -0.25) is 0 Å². The molecule has 0 radical (unpaired) electrons. The summed E-state index contributed by atoms with van der Waals surface area (Å²) in [6.07, 6.45) is 15.2. The molecular weight excluding hydrogens is 580 g/mol. The highest BCUT2D eigenvalue weighted by Crippen LogP contribution is 2.20. The van der Waals surface area contributed by atoms with Gasteiger partial charge in [0.15, 0.2) is 0 Å². The molecule has 0 heterocycles. The molecule has 0 aromatic heterocycles. The number of esters is 3. The molecule has 0 aliphatic rings. The second-order valence-electron chi connectivity index (χ2n) is 11.7. The minimum Gasteiger partial charge on any atom is -0.494 e. The van der Waals surface area contributed by atoms with Gasteiger partial charge in [0, 0.05) is 0 Å². The monoisotopic (exact) mass is 630 g/mol. The number of rotatable bonds is 21. The van der Waals surface area contributed by atoms with Crippen LogP contribution in [0, 0.1) is 0 Å². The molecule has 0 spiro atoms. The number of benzene rings is 3. The van der Waals surface area contributed by atoms with E-state index in [9.17, 15) is 14.4 Å². The van der Waals surface area contributed by atoms with Crippen LogP contribution in [0.4, 0.5) is 0 Å². The first kappa shape index (κ1) is 36.3. The molecule has 248 valence electrons. The highest BCUT2D eigenvalue weighted by atomic mass is 16.5. The standard InChI is InChI=1S/C39H50O7/c1-4-6-8-10-11-12-13-15-29-43-34-23-17-32(18-24-34)38(41)45-36-27-21-33(22-28-36)39(42)46-35-25-19-31(20-26-35)37(40)44-30(3)16-14-9-7-5-2/h17-28,30H,4-16,29H2,1-3H3. The lowest BCUT2D eigenvalue weighted by Gasteiger charge is -2.13. The van der Waals surface area contributed by atoms with Crippen molar-refractivity contribution in [3.63, 3.8) is 0 Å². The van der Waals surface area contributed by atoms with Crippen LogP contribution >= 0.6 is 0 Å². The maximum absolute atomic E-state index is 12.7. The summed E-state index contributed by atoms with van der Waals surface area (Å²) in [7, 11) is 0. The van der Waals surface area contributed by atoms with Crippen LogP contribution in [0.5, 0.6) is 17.2 Å². The van der Waals surface area contributed by atoms with E-state index in [0.29, 0.717) is 29.2 Å². The zero-order chi connectivity index (χ0) is 33.0. The average Bonchev–Trinajstić information content (AvgIpc) is 3.07. The summed E-state index contributed by atoms with van der Waals surface area (Å²) in [6, 6.07) is 19.3. The molecule has 0 amide bonds. The summed E-state index contributed by atoms with van der Waals surface area (Å²) in [4.78, 5) is 37.7. The highest BCUT2D eigenvalue weighted by Gasteiger charge is 2.15. The zero-order valence-electron chi connectivity index (χ0n) is 27.8. The Morgan fingerprint density at radius 3 is 1.37 bits per heavy atom. The molecule has 7 heteroatoms. The van der Waals surface area contributed by atoms with E-state index in [1.807, 2.05) is 6.92 Å². The van der Waals surface area contributed by atoms with E-state index < -0.39 is 17.9 Å². The fraction of sp³-hybridized carbons (Fsp3) is 0.462. The predicted octanol–water partition coefficient (Wildman–Crippen LogP) is 10.2. The van der Waals surface area contributed by atoms with Gasteiger partial charge in [-0.1, -0.05) is 78.1 Å². The Hall–Kier alpha value is -4.13. The van der Waals surface area contributed by atoms with Crippen molar-refractivity contribution in [2.24, 2.45) is 0 Å². The van der Waals surface area contributed by atoms with Crippen molar-refractivity contribution >= 4 is 17.9 Å². The lowest BCUT2D eigenvalue weighted by molar-refractivity contribution is 0.0319. The number of hydrogen-bond donors (Lipinski definition) is 0. The smallest absolute Gasteiger partial charge is 0.343 e. The second kappa shape index (κ2) is 20.8. The largest absolute Gasteiger partial charge is 0.494 e. The number of carbonyl (C=O) groups is 3. The molecule has 0 aliphatic heterocycles. The lowest BCUT2D eigenvalue weighted by atomic mass is 10.1. The molecule has 0 bridgehead atoms. The van der Waals surface area contributed by atoms with Crippen molar-refractivity contribution in [1.29, 1.82) is 0 Å². The third-order valence-corrected chi connectivity index (χ3v) is 7.73. The Morgan fingerprint density at radius 1 is 0.500 bits per heavy atom. The lowest BCUT2D eigenvalue weighted by Crippen LogP contribution is -2.15. The summed E-state index contributed by atoms with van der Waals surface area (Å²) >= 11 is 0. The molecule has 0 aliphatic carbocycles. The molecule has 1 atom stereocenters. The van der Waals surface area contributed by atoms with Gasteiger partial charge in [-0.2, -0.15) is 0 Å². The summed E-state index contributed by atoms with van der Waals surface area (Å²) < 4.78 is 22.3. The van der Waals surface area contributed by atoms with Crippen molar-refractivity contribution < 1.29 is 33.3 Å². The van der Waals surface area contributed by atoms with Crippen molar-refractivity contribution in [2.75, 3.05) is 6.61 Å². The van der Waals surface area contributed by atoms with E-state index in [1.165, 1.54) is 69.2 Å². The Kier molecular flexibility index (Phi) is 16.4. The van der Waals surface area contributed by atoms with Crippen LogP contribution in [0.3, 0.4) is 0 Å². The number of carbonyl (C=O) groups excluding carboxylic acids is 3. The van der Waals surface area contributed by atoms with E-state index in [1.54, 1.807) is 48.5 Å². The molecule has 46 heavy (non-hydrogen) atoms. The van der Waals surface area contributed by atoms with Crippen molar-refractivity contribution in [1.82, 2.24) is 0 Å². The zero-order valence-corrected chi connectivity index (χ0v) is 27.8. The van der Waals surface area contributed by atoms with Crippen LogP contribution in [0.1, 0.15) is 135 Å². The van der Waals surface area contributed by atoms with Gasteiger partial charge in [0.25, 0.3) is 0 Å². The van der Waals surface area contributed by atoms with Crippen molar-refractivity contribution in [2.45, 2.75) is 110 Å². The summed E-state index contributed by atoms with van der Waals surface area (Å²) in [5, 5.41) is 0. The molecule has 0 fully saturated rings. The quantitative estimate of drug-likeness (QED) is 0.0657. The molecule has 7 nitrogen and oxygen atoms in total. The maximum Gasteiger partial charge on any atom is 0.343 e. The first-order valence-corrected chi connectivity index (χ1v) is 17.0. The van der Waals surface area contributed by atoms with Crippen LogP contribution in [0.25, 0.3) is 0 Å². The number of unbranched alkanes of at least 4 members (excludes halogenated alkanes) is 10. The third-order valence-electron chi connectivity index (χ3n) is 7.73. The Morgan fingerprint density at radius 2 is 0.891 bits per heavy atom. The van der Waals surface area contributed by atoms with Crippen molar-refractivity contribution in [3.8, 4) is 17.2 Å². The molecule has 0 saturated heterocycles. The fourth-order valence-corrected chi connectivity index (χ4v) is 4.93. The van der Waals surface area contributed by atoms with E-state index in [2.05, 4.69) is 13.8 Å². The van der Waals surface area contributed by atoms with Gasteiger partial charge in [0.05, 0.1) is 29.4 Å². The van der Waals surface area contributed by atoms with E-state index >= 15 is 0 Å². The van der Waals surface area contributed by atoms with Gasteiger partial charge >= 0.3 is 17.9 Å². The summed E-state index contributed by atoms with van der Waals surface area (Å²) in [5.41, 5.74) is 1.09. The first-order valence-electron chi connectivity index (χ1n) is 17.0. The maximum atomic E-state index is 12.7. The van der Waals surface area contributed by atoms with Gasteiger partial charge in [-0.15, -0.1) is 0 Å². The number of hydrogen-bond acceptors (Lipinski definition) is 7. The molecule has 3 rings (SSSR count). The first-order chi connectivity index (χ1) is 22.4. The van der Waals surface area contributed by atoms with Crippen LogP contribution in [0.15, 0.2) is 72.8 Å². The van der Waals surface area contributed by atoms with E-state index in [-0.39, 0.29) is 11.7 Å². The molecule has 1 unspecified atom stereocenters. The van der Waals surface area contributed by atoms with Gasteiger partial charge in [0.1, 0.15) is 17.2 Å². The van der Waals surface area contributed by atoms with Gasteiger partial charge in [0.2, 0.25) is 0 Å². The Balaban J connectivity index is 1.39. The van der Waals surface area contributed by atoms with Crippen LogP contribution in [-0.2, 0) is 4.74 Å². The molecule has 3 aromatic rings. The molecule has 3 aromatic carbocycles. The highest BCUT2D eigenvalue weighted by molar-refractivity contribution is 5.93. The molecular formula is C39H50O7. The number of ether oxygens (including phenoxy) is 4. The van der Waals surface area contributed by atoms with Crippen molar-refractivity contribution in [3.05, 3.63) is 89.5 Å². The van der Waals surface area contributed by atoms with E-state index in [4.69, 9.17) is 18.9 Å². The second-order valence-corrected chi connectivity index (χ2v) is 11.7.